The molecule has 29 rings (SSSR count). The summed E-state index contributed by atoms with van der Waals surface area (Å²) in [5.74, 6) is 4.82. The highest BCUT2D eigenvalue weighted by Crippen LogP contribution is 2.48. The second-order valence-electron chi connectivity index (χ2n) is 35.7. The smallest absolute Gasteiger partial charge is 0.164 e. The molecule has 0 saturated carbocycles. The highest BCUT2D eigenvalue weighted by Gasteiger charge is 2.25. The third kappa shape index (κ3) is 14.4. The lowest BCUT2D eigenvalue weighted by Gasteiger charge is -2.13. The van der Waals surface area contributed by atoms with Crippen molar-refractivity contribution in [1.29, 1.82) is 0 Å². The Morgan fingerprint density at radius 3 is 1.02 bits per heavy atom. The number of hydrogen-bond donors (Lipinski definition) is 0. The number of hydrogen-bond acceptors (Lipinski definition) is 9. The van der Waals surface area contributed by atoms with Crippen molar-refractivity contribution in [3.05, 3.63) is 491 Å². The van der Waals surface area contributed by atoms with E-state index in [4.69, 9.17) is 39.3 Å². The molecule has 9 heterocycles. The van der Waals surface area contributed by atoms with Gasteiger partial charge in [0.1, 0.15) is 17.0 Å². The van der Waals surface area contributed by atoms with Crippen LogP contribution in [0.4, 0.5) is 0 Å². The van der Waals surface area contributed by atoms with Gasteiger partial charge in [-0.05, 0) is 185 Å². The zero-order valence-electron chi connectivity index (χ0n) is 76.5. The van der Waals surface area contributed by atoms with E-state index < -0.39 is 0 Å². The lowest BCUT2D eigenvalue weighted by atomic mass is 9.98. The standard InChI is InChI=1S/C51H33N3.C39H24N4O.C39H24N4S/c1-3-13-34(14-4-1)35-23-25-36(26-24-35)43-33-51(52-46-20-10-7-17-40(43)46)54-48-22-12-9-19-42(48)45-32-38(28-30-50(45)54)37-27-29-49-44(31-37)41-18-8-11-21-47(41)53(49)39-15-5-2-6-16-39;1-3-11-25(12-4-1)37-40-38(26-13-5-2-6-14-26)42-39(41-37)27-19-21-28(22-20-27)43-31-17-9-7-15-29(31)35-32(43)23-24-34-36(35)30-16-8-10-18-33(30)44-34;1-3-11-25(12-4-1)37-40-38(26-13-5-2-6-14-26)42-39(41-37)27-19-21-28(22-20-27)43-32-17-9-7-16-31(32)35-33(43)24-23-30-29-15-8-10-18-34(29)44-36(30)35/h1-33H;2*1-24H. The van der Waals surface area contributed by atoms with E-state index >= 15 is 0 Å². The van der Waals surface area contributed by atoms with Crippen molar-refractivity contribution >= 4 is 152 Å². The molecule has 142 heavy (non-hydrogen) atoms. The van der Waals surface area contributed by atoms with E-state index in [2.05, 4.69) is 376 Å². The predicted molar refractivity (Wildman–Crippen MR) is 588 cm³/mol. The van der Waals surface area contributed by atoms with Crippen LogP contribution in [0.5, 0.6) is 0 Å². The van der Waals surface area contributed by atoms with Gasteiger partial charge in [0.15, 0.2) is 34.9 Å². The van der Waals surface area contributed by atoms with E-state index in [1.165, 1.54) is 124 Å². The Labute approximate surface area is 819 Å². The SMILES string of the molecule is c1ccc(-c2ccc(-c3cc(-n4c5ccccc5c5cc(-c6ccc7c(c6)c6ccccc6n7-c6ccccc6)ccc54)nc4ccccc34)cc2)cc1.c1ccc(-c2nc(-c3ccccc3)nc(-c3ccc(-n4c5ccccc5c5c6c(ccc54)oc4ccccc46)cc3)n2)cc1.c1ccc(-c2nc(-c3ccccc3)nc(-c3ccc(-n4c5ccccc5c5c6sc7ccccc7c6ccc54)cc3)n2)cc1. The molecule has 0 amide bonds. The van der Waals surface area contributed by atoms with Crippen LogP contribution in [0.25, 0.3) is 265 Å². The first-order chi connectivity index (χ1) is 70.4. The minimum atomic E-state index is 0.637. The molecule has 664 valence electrons. The van der Waals surface area contributed by atoms with Crippen molar-refractivity contribution in [1.82, 2.24) is 53.2 Å². The third-order valence-corrected chi connectivity index (χ3v) is 28.7. The highest BCUT2D eigenvalue weighted by molar-refractivity contribution is 7.26. The predicted octanol–water partition coefficient (Wildman–Crippen LogP) is 33.6. The number of fused-ring (bicyclic) bond motifs is 21. The van der Waals surface area contributed by atoms with Gasteiger partial charge in [0.2, 0.25) is 0 Å². The number of para-hydroxylation sites is 7. The number of furan rings is 1. The largest absolute Gasteiger partial charge is 0.456 e. The first-order valence-corrected chi connectivity index (χ1v) is 48.5. The Morgan fingerprint density at radius 1 is 0.176 bits per heavy atom. The summed E-state index contributed by atoms with van der Waals surface area (Å²) in [6.45, 7) is 0. The zero-order chi connectivity index (χ0) is 93.7. The third-order valence-electron chi connectivity index (χ3n) is 27.5. The van der Waals surface area contributed by atoms with E-state index in [-0.39, 0.29) is 0 Å². The Hall–Kier alpha value is -19.0. The number of rotatable bonds is 13. The van der Waals surface area contributed by atoms with Crippen molar-refractivity contribution in [3.8, 4) is 125 Å². The van der Waals surface area contributed by atoms with E-state index in [1.807, 2.05) is 145 Å². The first-order valence-electron chi connectivity index (χ1n) is 47.7. The summed E-state index contributed by atoms with van der Waals surface area (Å²) in [4.78, 5) is 34.6. The van der Waals surface area contributed by atoms with Gasteiger partial charge in [-0.1, -0.05) is 340 Å². The van der Waals surface area contributed by atoms with Gasteiger partial charge in [-0.2, -0.15) is 0 Å². The van der Waals surface area contributed by atoms with Crippen molar-refractivity contribution in [2.45, 2.75) is 0 Å². The maximum atomic E-state index is 6.24. The maximum Gasteiger partial charge on any atom is 0.164 e. The van der Waals surface area contributed by atoms with Gasteiger partial charge >= 0.3 is 0 Å². The summed E-state index contributed by atoms with van der Waals surface area (Å²) >= 11 is 1.88. The Balaban J connectivity index is 0.000000107. The molecular weight excluding hydrogens is 1750 g/mol. The molecule has 9 aromatic heterocycles. The van der Waals surface area contributed by atoms with Crippen LogP contribution < -0.4 is 0 Å². The molecule has 20 aromatic carbocycles. The van der Waals surface area contributed by atoms with Gasteiger partial charge in [-0.25, -0.2) is 34.9 Å². The lowest BCUT2D eigenvalue weighted by Crippen LogP contribution is -2.00. The van der Waals surface area contributed by atoms with E-state index in [9.17, 15) is 0 Å². The number of nitrogens with zero attached hydrogens (tertiary/aromatic N) is 11. The van der Waals surface area contributed by atoms with Gasteiger partial charge in [0, 0.05) is 130 Å². The molecule has 0 aliphatic heterocycles. The van der Waals surface area contributed by atoms with Crippen LogP contribution in [-0.2, 0) is 0 Å². The van der Waals surface area contributed by atoms with Crippen molar-refractivity contribution < 1.29 is 4.42 Å². The summed E-state index contributed by atoms with van der Waals surface area (Å²) in [7, 11) is 0. The second kappa shape index (κ2) is 34.7. The van der Waals surface area contributed by atoms with Gasteiger partial charge < -0.3 is 18.1 Å². The monoisotopic (exact) mass is 1830 g/mol. The van der Waals surface area contributed by atoms with Gasteiger partial charge in [-0.3, -0.25) is 4.57 Å². The molecule has 0 aliphatic carbocycles. The Kier molecular flexibility index (Phi) is 20.2. The summed E-state index contributed by atoms with van der Waals surface area (Å²) in [5.41, 5.74) is 28.3. The molecule has 0 N–H and O–H groups in total. The molecule has 0 unspecified atom stereocenters. The molecule has 0 aliphatic rings. The Bertz CT molecular complexity index is 9830. The minimum absolute atomic E-state index is 0.637. The molecule has 12 nitrogen and oxygen atoms in total. The second-order valence-corrected chi connectivity index (χ2v) is 36.8. The number of thiophene rings is 1. The Morgan fingerprint density at radius 2 is 0.507 bits per heavy atom. The van der Waals surface area contributed by atoms with Gasteiger partial charge in [-0.15, -0.1) is 11.3 Å². The molecule has 0 atom stereocenters. The molecular formula is C129H81N11OS. The van der Waals surface area contributed by atoms with Crippen LogP contribution >= 0.6 is 11.3 Å². The van der Waals surface area contributed by atoms with Crippen molar-refractivity contribution in [2.75, 3.05) is 0 Å². The average Bonchev–Trinajstić information content (AvgIpc) is 1.57. The summed E-state index contributed by atoms with van der Waals surface area (Å²) in [6.07, 6.45) is 0. The molecule has 0 radical (unpaired) electrons. The highest BCUT2D eigenvalue weighted by atomic mass is 32.1. The molecule has 0 saturated heterocycles. The zero-order valence-corrected chi connectivity index (χ0v) is 77.3. The fraction of sp³-hybridized carbons (Fsp3) is 0. The maximum absolute atomic E-state index is 6.24. The lowest BCUT2D eigenvalue weighted by molar-refractivity contribution is 0.669. The normalized spacial score (nSPS) is 11.7. The van der Waals surface area contributed by atoms with E-state index in [1.54, 1.807) is 0 Å². The minimum Gasteiger partial charge on any atom is -0.456 e. The topological polar surface area (TPSA) is 123 Å². The summed E-state index contributed by atoms with van der Waals surface area (Å²) < 4.78 is 18.3. The quantitative estimate of drug-likeness (QED) is 0.112. The summed E-state index contributed by atoms with van der Waals surface area (Å²) in [6, 6.07) is 172. The van der Waals surface area contributed by atoms with Gasteiger partial charge in [0.05, 0.1) is 49.7 Å². The van der Waals surface area contributed by atoms with Crippen LogP contribution in [-0.4, -0.2) is 53.2 Å². The molecule has 29 aromatic rings. The fourth-order valence-corrected chi connectivity index (χ4v) is 22.1. The fourth-order valence-electron chi connectivity index (χ4n) is 20.9. The average molecular weight is 1830 g/mol. The van der Waals surface area contributed by atoms with Crippen LogP contribution in [0.3, 0.4) is 0 Å². The number of benzene rings is 20. The molecule has 0 bridgehead atoms. The van der Waals surface area contributed by atoms with Crippen LogP contribution in [0, 0.1) is 0 Å². The van der Waals surface area contributed by atoms with E-state index in [0.29, 0.717) is 34.9 Å². The summed E-state index contributed by atoms with van der Waals surface area (Å²) in [5, 5.41) is 15.9. The van der Waals surface area contributed by atoms with Crippen LogP contribution in [0.15, 0.2) is 496 Å². The van der Waals surface area contributed by atoms with Crippen LogP contribution in [0.2, 0.25) is 0 Å². The molecule has 0 spiro atoms. The molecule has 0 fully saturated rings. The number of aromatic nitrogens is 11. The van der Waals surface area contributed by atoms with Crippen molar-refractivity contribution in [3.63, 3.8) is 0 Å². The van der Waals surface area contributed by atoms with Gasteiger partial charge in [0.25, 0.3) is 0 Å². The molecule has 13 heteroatoms. The van der Waals surface area contributed by atoms with E-state index in [0.717, 1.165) is 105 Å². The number of pyridine rings is 1. The van der Waals surface area contributed by atoms with Crippen LogP contribution in [0.1, 0.15) is 0 Å². The first kappa shape index (κ1) is 82.5. The van der Waals surface area contributed by atoms with Crippen molar-refractivity contribution in [2.24, 2.45) is 0 Å².